The first kappa shape index (κ1) is 17.7. The molecule has 0 bridgehead atoms. The van der Waals surface area contributed by atoms with Crippen LogP contribution in [-0.4, -0.2) is 24.9 Å². The van der Waals surface area contributed by atoms with Gasteiger partial charge in [-0.25, -0.2) is 15.0 Å². The molecule has 0 amide bonds. The van der Waals surface area contributed by atoms with Crippen LogP contribution in [-0.2, 0) is 0 Å². The number of imidazole rings is 1. The molecule has 0 aliphatic heterocycles. The van der Waals surface area contributed by atoms with Crippen molar-refractivity contribution in [3.05, 3.63) is 85.5 Å². The van der Waals surface area contributed by atoms with Gasteiger partial charge in [0.2, 0.25) is 0 Å². The molecule has 2 N–H and O–H groups in total. The zero-order valence-corrected chi connectivity index (χ0v) is 17.1. The van der Waals surface area contributed by atoms with Gasteiger partial charge in [0, 0.05) is 28.5 Å². The molecule has 31 heavy (non-hydrogen) atoms. The molecule has 148 valence electrons. The molecular formula is C24H16N6S. The number of benzene rings is 2. The second-order valence-corrected chi connectivity index (χ2v) is 8.14. The number of pyridine rings is 1. The predicted octanol–water partition coefficient (Wildman–Crippen LogP) is 6.04. The Kier molecular flexibility index (Phi) is 4.18. The van der Waals surface area contributed by atoms with Gasteiger partial charge in [0.25, 0.3) is 0 Å². The second kappa shape index (κ2) is 7.30. The Morgan fingerprint density at radius 1 is 0.806 bits per heavy atom. The number of aromatic nitrogens is 5. The largest absolute Gasteiger partial charge is 0.339 e. The zero-order valence-electron chi connectivity index (χ0n) is 16.3. The summed E-state index contributed by atoms with van der Waals surface area (Å²) in [5, 5.41) is 3.45. The van der Waals surface area contributed by atoms with Crippen LogP contribution in [0.15, 0.2) is 85.5 Å². The number of hydrogen-bond donors (Lipinski definition) is 2. The van der Waals surface area contributed by atoms with Crippen molar-refractivity contribution < 1.29 is 0 Å². The van der Waals surface area contributed by atoms with E-state index in [0.717, 1.165) is 44.1 Å². The lowest BCUT2D eigenvalue weighted by molar-refractivity contribution is 1.23. The lowest BCUT2D eigenvalue weighted by Gasteiger charge is -2.05. The van der Waals surface area contributed by atoms with Crippen molar-refractivity contribution in [2.24, 2.45) is 0 Å². The van der Waals surface area contributed by atoms with Crippen LogP contribution < -0.4 is 5.32 Å². The van der Waals surface area contributed by atoms with E-state index in [9.17, 15) is 0 Å². The Bertz CT molecular complexity index is 1510. The molecule has 6 rings (SSSR count). The Balaban J connectivity index is 1.36. The highest BCUT2D eigenvalue weighted by atomic mass is 32.1. The second-order valence-electron chi connectivity index (χ2n) is 7.09. The number of hydrogen-bond acceptors (Lipinski definition) is 6. The number of H-pyrrole nitrogens is 1. The summed E-state index contributed by atoms with van der Waals surface area (Å²) >= 11 is 1.69. The zero-order chi connectivity index (χ0) is 20.6. The summed E-state index contributed by atoms with van der Waals surface area (Å²) in [6, 6.07) is 22.4. The third-order valence-electron chi connectivity index (χ3n) is 5.07. The number of nitrogens with one attached hydrogen (secondary N) is 2. The minimum Gasteiger partial charge on any atom is -0.339 e. The third-order valence-corrected chi connectivity index (χ3v) is 6.25. The maximum Gasteiger partial charge on any atom is 0.151 e. The van der Waals surface area contributed by atoms with Gasteiger partial charge in [-0.1, -0.05) is 30.3 Å². The smallest absolute Gasteiger partial charge is 0.151 e. The Morgan fingerprint density at radius 3 is 2.55 bits per heavy atom. The van der Waals surface area contributed by atoms with Gasteiger partial charge in [0.05, 0.1) is 21.3 Å². The molecule has 0 unspecified atom stereocenters. The summed E-state index contributed by atoms with van der Waals surface area (Å²) in [6.45, 7) is 0. The Morgan fingerprint density at radius 2 is 1.68 bits per heavy atom. The fourth-order valence-corrected chi connectivity index (χ4v) is 4.62. The van der Waals surface area contributed by atoms with Crippen LogP contribution in [0.5, 0.6) is 0 Å². The molecule has 0 atom stereocenters. The number of anilines is 2. The van der Waals surface area contributed by atoms with E-state index in [0.29, 0.717) is 0 Å². The van der Waals surface area contributed by atoms with Crippen molar-refractivity contribution in [2.45, 2.75) is 0 Å². The van der Waals surface area contributed by atoms with E-state index in [2.05, 4.69) is 43.5 Å². The summed E-state index contributed by atoms with van der Waals surface area (Å²) in [7, 11) is 0. The van der Waals surface area contributed by atoms with E-state index in [-0.39, 0.29) is 0 Å². The minimum atomic E-state index is 0.793. The fraction of sp³-hybridized carbons (Fsp3) is 0. The summed E-state index contributed by atoms with van der Waals surface area (Å²) < 4.78 is 1.03. The maximum absolute atomic E-state index is 4.74. The van der Waals surface area contributed by atoms with Crippen LogP contribution in [0.2, 0.25) is 0 Å². The first-order valence-electron chi connectivity index (χ1n) is 9.81. The molecule has 0 spiro atoms. The number of fused-ring (bicyclic) bond motifs is 2. The summed E-state index contributed by atoms with van der Waals surface area (Å²) in [4.78, 5) is 22.3. The lowest BCUT2D eigenvalue weighted by atomic mass is 10.2. The van der Waals surface area contributed by atoms with Gasteiger partial charge < -0.3 is 10.3 Å². The van der Waals surface area contributed by atoms with Gasteiger partial charge in [-0.3, -0.25) is 4.98 Å². The molecule has 6 aromatic rings. The van der Waals surface area contributed by atoms with Crippen LogP contribution in [0.25, 0.3) is 43.1 Å². The van der Waals surface area contributed by atoms with E-state index < -0.39 is 0 Å². The molecule has 0 fully saturated rings. The van der Waals surface area contributed by atoms with Crippen molar-refractivity contribution in [1.29, 1.82) is 0 Å². The van der Waals surface area contributed by atoms with Crippen LogP contribution in [0.1, 0.15) is 0 Å². The number of rotatable bonds is 4. The van der Waals surface area contributed by atoms with Crippen molar-refractivity contribution in [1.82, 2.24) is 24.9 Å². The molecular weight excluding hydrogens is 404 g/mol. The van der Waals surface area contributed by atoms with Crippen molar-refractivity contribution in [3.8, 4) is 21.8 Å². The molecule has 4 heterocycles. The van der Waals surface area contributed by atoms with E-state index in [4.69, 9.17) is 4.98 Å². The van der Waals surface area contributed by atoms with Crippen LogP contribution in [0.4, 0.5) is 11.5 Å². The van der Waals surface area contributed by atoms with Crippen molar-refractivity contribution in [2.75, 3.05) is 5.32 Å². The molecule has 0 aliphatic carbocycles. The fourth-order valence-electron chi connectivity index (χ4n) is 3.55. The molecule has 6 nitrogen and oxygen atoms in total. The van der Waals surface area contributed by atoms with Crippen LogP contribution in [0, 0.1) is 0 Å². The molecule has 0 aliphatic rings. The molecule has 2 aromatic carbocycles. The summed E-state index contributed by atoms with van der Waals surface area (Å²) in [5.41, 5.74) is 5.91. The highest BCUT2D eigenvalue weighted by molar-refractivity contribution is 7.22. The third kappa shape index (κ3) is 3.31. The summed E-state index contributed by atoms with van der Waals surface area (Å²) in [6.07, 6.45) is 5.13. The molecule has 0 saturated heterocycles. The average molecular weight is 421 g/mol. The minimum absolute atomic E-state index is 0.793. The highest BCUT2D eigenvalue weighted by Crippen LogP contribution is 2.36. The first-order chi connectivity index (χ1) is 15.3. The number of nitrogens with zero attached hydrogens (tertiary/aromatic N) is 4. The van der Waals surface area contributed by atoms with Gasteiger partial charge >= 0.3 is 0 Å². The molecule has 0 radical (unpaired) electrons. The number of aromatic amines is 1. The quantitative estimate of drug-likeness (QED) is 0.363. The lowest BCUT2D eigenvalue weighted by Crippen LogP contribution is -1.94. The van der Waals surface area contributed by atoms with E-state index >= 15 is 0 Å². The van der Waals surface area contributed by atoms with Gasteiger partial charge in [-0.15, -0.1) is 11.3 Å². The Hall–Kier alpha value is -4.10. The SMILES string of the molecule is c1ccc(-c2cc3ncnc(Nc4ccc5[nH]c(-c6ccncc6)nc5c4)c3s2)cc1. The number of thiophene rings is 1. The van der Waals surface area contributed by atoms with Crippen molar-refractivity contribution >= 4 is 44.1 Å². The summed E-state index contributed by atoms with van der Waals surface area (Å²) in [5.74, 6) is 1.62. The van der Waals surface area contributed by atoms with Gasteiger partial charge in [0.1, 0.15) is 12.2 Å². The topological polar surface area (TPSA) is 79.4 Å². The van der Waals surface area contributed by atoms with Crippen molar-refractivity contribution in [3.63, 3.8) is 0 Å². The van der Waals surface area contributed by atoms with Gasteiger partial charge in [-0.2, -0.15) is 0 Å². The molecule has 4 aromatic heterocycles. The Labute approximate surface area is 181 Å². The standard InChI is InChI=1S/C24H16N6S/c1-2-4-15(5-3-1)21-13-20-22(31-21)24(27-14-26-20)28-17-6-7-18-19(12-17)30-23(29-18)16-8-10-25-11-9-16/h1-14H,(H,29,30)(H,26,27,28). The highest BCUT2D eigenvalue weighted by Gasteiger charge is 2.12. The van der Waals surface area contributed by atoms with Gasteiger partial charge in [-0.05, 0) is 42.0 Å². The normalized spacial score (nSPS) is 11.2. The average Bonchev–Trinajstić information content (AvgIpc) is 3.45. The predicted molar refractivity (Wildman–Crippen MR) is 125 cm³/mol. The van der Waals surface area contributed by atoms with Crippen LogP contribution in [0.3, 0.4) is 0 Å². The molecule has 0 saturated carbocycles. The maximum atomic E-state index is 4.74. The van der Waals surface area contributed by atoms with E-state index in [1.807, 2.05) is 48.5 Å². The van der Waals surface area contributed by atoms with E-state index in [1.165, 1.54) is 10.4 Å². The molecule has 7 heteroatoms. The van der Waals surface area contributed by atoms with Gasteiger partial charge in [0.15, 0.2) is 5.82 Å². The van der Waals surface area contributed by atoms with Crippen LogP contribution >= 0.6 is 11.3 Å². The van der Waals surface area contributed by atoms with E-state index in [1.54, 1.807) is 30.1 Å². The first-order valence-corrected chi connectivity index (χ1v) is 10.6. The monoisotopic (exact) mass is 420 g/mol.